The molecule has 1 aromatic rings. The van der Waals surface area contributed by atoms with Crippen LogP contribution >= 0.6 is 0 Å². The molecule has 0 aliphatic carbocycles. The van der Waals surface area contributed by atoms with Gasteiger partial charge in [-0.1, -0.05) is 12.1 Å². The average Bonchev–Trinajstić information content (AvgIpc) is 2.82. The molecule has 1 heterocycles. The zero-order chi connectivity index (χ0) is 16.3. The zero-order valence-electron chi connectivity index (χ0n) is 13.0. The van der Waals surface area contributed by atoms with E-state index in [1.165, 1.54) is 4.90 Å². The van der Waals surface area contributed by atoms with Gasteiger partial charge >= 0.3 is 6.09 Å². The Labute approximate surface area is 129 Å². The quantitative estimate of drug-likeness (QED) is 0.910. The maximum Gasteiger partial charge on any atom is 0.414 e. The van der Waals surface area contributed by atoms with E-state index in [9.17, 15) is 9.59 Å². The minimum Gasteiger partial charge on any atom is -0.443 e. The van der Waals surface area contributed by atoms with Crippen molar-refractivity contribution < 1.29 is 14.3 Å². The van der Waals surface area contributed by atoms with Crippen molar-refractivity contribution in [3.05, 3.63) is 23.8 Å². The van der Waals surface area contributed by atoms with E-state index in [2.05, 4.69) is 5.32 Å². The molecule has 22 heavy (non-hydrogen) atoms. The Morgan fingerprint density at radius 2 is 2.14 bits per heavy atom. The number of carbonyl (C=O) groups is 2. The number of fused-ring (bicyclic) bond motifs is 1. The minimum atomic E-state index is -0.584. The van der Waals surface area contributed by atoms with Crippen LogP contribution in [0.4, 0.5) is 16.2 Å². The molecule has 0 atom stereocenters. The number of nitriles is 1. The largest absolute Gasteiger partial charge is 0.443 e. The van der Waals surface area contributed by atoms with Crippen molar-refractivity contribution in [1.29, 1.82) is 5.26 Å². The molecular formula is C16H19N3O3. The maximum atomic E-state index is 12.3. The first-order valence-electron chi connectivity index (χ1n) is 7.11. The summed E-state index contributed by atoms with van der Waals surface area (Å²) >= 11 is 0. The molecule has 2 amide bonds. The highest BCUT2D eigenvalue weighted by atomic mass is 16.6. The molecule has 1 N–H and O–H groups in total. The van der Waals surface area contributed by atoms with Gasteiger partial charge in [-0.25, -0.2) is 4.79 Å². The second kappa shape index (κ2) is 6.06. The van der Waals surface area contributed by atoms with Crippen LogP contribution in [0, 0.1) is 11.3 Å². The van der Waals surface area contributed by atoms with Crippen LogP contribution in [0.5, 0.6) is 0 Å². The smallest absolute Gasteiger partial charge is 0.414 e. The summed E-state index contributed by atoms with van der Waals surface area (Å²) in [5.41, 5.74) is 1.57. The van der Waals surface area contributed by atoms with Crippen LogP contribution in [0.25, 0.3) is 0 Å². The number of rotatable bonds is 2. The number of ether oxygens (including phenoxy) is 1. The number of nitrogens with one attached hydrogen (secondary N) is 1. The van der Waals surface area contributed by atoms with E-state index in [1.807, 2.05) is 32.9 Å². The molecule has 0 bridgehead atoms. The van der Waals surface area contributed by atoms with Crippen LogP contribution in [0.15, 0.2) is 18.2 Å². The van der Waals surface area contributed by atoms with E-state index in [4.69, 9.17) is 10.00 Å². The molecule has 116 valence electrons. The van der Waals surface area contributed by atoms with Crippen molar-refractivity contribution in [2.45, 2.75) is 39.2 Å². The molecule has 0 unspecified atom stereocenters. The van der Waals surface area contributed by atoms with Gasteiger partial charge in [0.25, 0.3) is 0 Å². The molecule has 1 aliphatic heterocycles. The minimum absolute atomic E-state index is 0.226. The first-order chi connectivity index (χ1) is 10.3. The van der Waals surface area contributed by atoms with Crippen LogP contribution in [0.1, 0.15) is 32.8 Å². The second-order valence-corrected chi connectivity index (χ2v) is 6.08. The van der Waals surface area contributed by atoms with Gasteiger partial charge in [-0.15, -0.1) is 0 Å². The Morgan fingerprint density at radius 1 is 1.41 bits per heavy atom. The molecule has 1 aliphatic rings. The third-order valence-corrected chi connectivity index (χ3v) is 3.12. The summed E-state index contributed by atoms with van der Waals surface area (Å²) in [6.07, 6.45) is 0.0420. The summed E-state index contributed by atoms with van der Waals surface area (Å²) in [6.45, 7) is 5.93. The summed E-state index contributed by atoms with van der Waals surface area (Å²) in [7, 11) is 0. The van der Waals surface area contributed by atoms with Crippen LogP contribution in [0.3, 0.4) is 0 Å². The zero-order valence-corrected chi connectivity index (χ0v) is 13.0. The second-order valence-electron chi connectivity index (χ2n) is 6.08. The van der Waals surface area contributed by atoms with Gasteiger partial charge in [-0.2, -0.15) is 5.26 Å². The van der Waals surface area contributed by atoms with Gasteiger partial charge < -0.3 is 10.1 Å². The lowest BCUT2D eigenvalue weighted by molar-refractivity contribution is -0.115. The summed E-state index contributed by atoms with van der Waals surface area (Å²) in [4.78, 5) is 25.5. The van der Waals surface area contributed by atoms with Crippen molar-refractivity contribution in [1.82, 2.24) is 0 Å². The Balaban J connectivity index is 2.27. The lowest BCUT2D eigenvalue weighted by Gasteiger charge is -2.26. The van der Waals surface area contributed by atoms with Crippen LogP contribution in [0.2, 0.25) is 0 Å². The molecule has 6 nitrogen and oxygen atoms in total. The van der Waals surface area contributed by atoms with Crippen molar-refractivity contribution in [3.8, 4) is 6.07 Å². The number of carbonyl (C=O) groups excluding carboxylic acids is 2. The highest BCUT2D eigenvalue weighted by molar-refractivity contribution is 6.01. The fourth-order valence-electron chi connectivity index (χ4n) is 2.32. The molecule has 0 fully saturated rings. The number of amides is 2. The highest BCUT2D eigenvalue weighted by Crippen LogP contribution is 2.36. The molecule has 1 aromatic carbocycles. The normalized spacial score (nSPS) is 13.3. The van der Waals surface area contributed by atoms with Gasteiger partial charge in [-0.05, 0) is 38.8 Å². The monoisotopic (exact) mass is 301 g/mol. The van der Waals surface area contributed by atoms with E-state index < -0.39 is 17.6 Å². The summed E-state index contributed by atoms with van der Waals surface area (Å²) in [5.74, 6) is -0.396. The number of anilines is 2. The van der Waals surface area contributed by atoms with E-state index in [0.717, 1.165) is 5.56 Å². The molecule has 6 heteroatoms. The molecule has 0 saturated carbocycles. The molecule has 0 saturated heterocycles. The van der Waals surface area contributed by atoms with Crippen LogP contribution in [-0.4, -0.2) is 24.1 Å². The summed E-state index contributed by atoms with van der Waals surface area (Å²) < 4.78 is 5.41. The summed E-state index contributed by atoms with van der Waals surface area (Å²) in [6, 6.07) is 7.26. The lowest BCUT2D eigenvalue weighted by Crippen LogP contribution is -2.36. The van der Waals surface area contributed by atoms with Crippen molar-refractivity contribution in [2.75, 3.05) is 16.8 Å². The maximum absolute atomic E-state index is 12.3. The highest BCUT2D eigenvalue weighted by Gasteiger charge is 2.31. The number of nitrogens with zero attached hydrogens (tertiary/aromatic N) is 2. The molecule has 0 radical (unpaired) electrons. The fourth-order valence-corrected chi connectivity index (χ4v) is 2.32. The van der Waals surface area contributed by atoms with Gasteiger partial charge in [-0.3, -0.25) is 9.69 Å². The van der Waals surface area contributed by atoms with Crippen molar-refractivity contribution in [3.63, 3.8) is 0 Å². The van der Waals surface area contributed by atoms with Gasteiger partial charge in [0, 0.05) is 6.54 Å². The Hall–Kier alpha value is -2.55. The fraction of sp³-hybridized carbons (Fsp3) is 0.438. The lowest BCUT2D eigenvalue weighted by atomic mass is 10.1. The first-order valence-corrected chi connectivity index (χ1v) is 7.11. The predicted octanol–water partition coefficient (Wildman–Crippen LogP) is 2.84. The third kappa shape index (κ3) is 3.55. The molecule has 2 rings (SSSR count). The Kier molecular flexibility index (Phi) is 4.36. The van der Waals surface area contributed by atoms with E-state index >= 15 is 0 Å². The summed E-state index contributed by atoms with van der Waals surface area (Å²) in [5, 5.41) is 11.3. The molecule has 0 spiro atoms. The van der Waals surface area contributed by atoms with Gasteiger partial charge in [0.15, 0.2) is 0 Å². The van der Waals surface area contributed by atoms with Gasteiger partial charge in [0.2, 0.25) is 5.91 Å². The number of hydrogen-bond donors (Lipinski definition) is 1. The van der Waals surface area contributed by atoms with Crippen molar-refractivity contribution >= 4 is 23.4 Å². The van der Waals surface area contributed by atoms with Crippen LogP contribution < -0.4 is 10.2 Å². The third-order valence-electron chi connectivity index (χ3n) is 3.12. The van der Waals surface area contributed by atoms with E-state index in [1.54, 1.807) is 12.1 Å². The molecule has 0 aromatic heterocycles. The standard InChI is InChI=1S/C16H19N3O3/c1-16(2,3)22-15(21)19-10-8-11-5-4-6-12(14(11)19)18-13(20)7-9-17/h4-6H,7-8,10H2,1-3H3,(H,18,20). The topological polar surface area (TPSA) is 82.4 Å². The Morgan fingerprint density at radius 3 is 2.77 bits per heavy atom. The first kappa shape index (κ1) is 15.8. The predicted molar refractivity (Wildman–Crippen MR) is 82.6 cm³/mol. The molecular weight excluding hydrogens is 282 g/mol. The van der Waals surface area contributed by atoms with E-state index in [-0.39, 0.29) is 6.42 Å². The number of hydrogen-bond acceptors (Lipinski definition) is 4. The Bertz CT molecular complexity index is 641. The number of benzene rings is 1. The average molecular weight is 301 g/mol. The van der Waals surface area contributed by atoms with E-state index in [0.29, 0.717) is 24.3 Å². The SMILES string of the molecule is CC(C)(C)OC(=O)N1CCc2cccc(NC(=O)CC#N)c21. The number of para-hydroxylation sites is 1. The van der Waals surface area contributed by atoms with Crippen LogP contribution in [-0.2, 0) is 16.0 Å². The van der Waals surface area contributed by atoms with Gasteiger partial charge in [0.05, 0.1) is 17.4 Å². The van der Waals surface area contributed by atoms with Gasteiger partial charge in [0.1, 0.15) is 12.0 Å². The van der Waals surface area contributed by atoms with Crippen molar-refractivity contribution in [2.24, 2.45) is 0 Å².